The maximum absolute atomic E-state index is 13.9. The van der Waals surface area contributed by atoms with Crippen LogP contribution in [0.4, 0.5) is 5.69 Å². The number of aryl methyl sites for hydroxylation is 1. The van der Waals surface area contributed by atoms with Crippen LogP contribution < -0.4 is 14.8 Å². The number of Topliss-reactive ketones (excluding diaryl/α,β-unsaturated/α-hetero) is 1. The average Bonchev–Trinajstić information content (AvgIpc) is 3.15. The van der Waals surface area contributed by atoms with Crippen molar-refractivity contribution in [2.75, 3.05) is 31.8 Å². The zero-order valence-electron chi connectivity index (χ0n) is 30.1. The number of benzene rings is 2. The predicted molar refractivity (Wildman–Crippen MR) is 202 cm³/mol. The Balaban J connectivity index is 1.48. The summed E-state index contributed by atoms with van der Waals surface area (Å²) in [7, 11) is 6.41. The summed E-state index contributed by atoms with van der Waals surface area (Å²) in [5.41, 5.74) is 1.44. The molecular weight excluding hydrogens is 687 g/mol. The van der Waals surface area contributed by atoms with Gasteiger partial charge in [-0.05, 0) is 103 Å². The number of nitrogens with zero attached hydrogens (tertiary/aromatic N) is 2. The van der Waals surface area contributed by atoms with E-state index in [1.165, 1.54) is 4.90 Å². The first-order valence-electron chi connectivity index (χ1n) is 17.4. The van der Waals surface area contributed by atoms with Crippen LogP contribution in [0, 0.1) is 5.41 Å². The minimum Gasteiger partial charge on any atom is -0.493 e. The third-order valence-electron chi connectivity index (χ3n) is 9.09. The summed E-state index contributed by atoms with van der Waals surface area (Å²) in [5.74, 6) is 0.223. The summed E-state index contributed by atoms with van der Waals surface area (Å²) >= 11 is 0. The van der Waals surface area contributed by atoms with Gasteiger partial charge in [-0.15, -0.1) is 0 Å². The van der Waals surface area contributed by atoms with Crippen molar-refractivity contribution in [2.24, 2.45) is 5.41 Å². The Labute approximate surface area is 309 Å². The van der Waals surface area contributed by atoms with Gasteiger partial charge < -0.3 is 24.4 Å². The van der Waals surface area contributed by atoms with Crippen molar-refractivity contribution < 1.29 is 33.4 Å². The van der Waals surface area contributed by atoms with Crippen LogP contribution in [-0.2, 0) is 30.3 Å². The Bertz CT molecular complexity index is 1640. The lowest BCUT2D eigenvalue weighted by Gasteiger charge is -2.36. The Morgan fingerprint density at radius 2 is 1.80 bits per heavy atom. The Morgan fingerprint density at radius 1 is 1.00 bits per heavy atom. The highest BCUT2D eigenvalue weighted by molar-refractivity contribution is 8.76. The molecule has 0 unspecified atom stereocenters. The van der Waals surface area contributed by atoms with Gasteiger partial charge in [-0.3, -0.25) is 14.4 Å². The van der Waals surface area contributed by atoms with Gasteiger partial charge >= 0.3 is 5.97 Å². The number of amides is 2. The second kappa shape index (κ2) is 19.5. The van der Waals surface area contributed by atoms with Crippen molar-refractivity contribution >= 4 is 50.8 Å². The molecule has 3 aromatic rings. The molecule has 1 aliphatic rings. The molecule has 2 atom stereocenters. The molecule has 51 heavy (non-hydrogen) atoms. The van der Waals surface area contributed by atoms with E-state index in [1.54, 1.807) is 55.9 Å². The minimum atomic E-state index is -0.858. The highest BCUT2D eigenvalue weighted by Gasteiger charge is 2.41. The zero-order chi connectivity index (χ0) is 36.8. The number of hydrogen-bond acceptors (Lipinski definition) is 10. The van der Waals surface area contributed by atoms with Gasteiger partial charge in [-0.25, -0.2) is 9.78 Å². The molecule has 2 heterocycles. The van der Waals surface area contributed by atoms with Gasteiger partial charge in [0.25, 0.3) is 5.91 Å². The highest BCUT2D eigenvalue weighted by atomic mass is 33.1. The van der Waals surface area contributed by atoms with Gasteiger partial charge in [-0.1, -0.05) is 55.8 Å². The molecule has 1 aromatic heterocycles. The SMILES string of the molecule is CCC(C)(C)C(=O)C(=O)N1CCCC[C@H]1C(=O)O[C@H](CCc1ccc(OC)c(OC)c1)c1cccc(NC(=O)CCCSSc2ccccn2)c1. The maximum Gasteiger partial charge on any atom is 0.329 e. The van der Waals surface area contributed by atoms with E-state index in [1.807, 2.05) is 67.6 Å². The van der Waals surface area contributed by atoms with E-state index in [4.69, 9.17) is 14.2 Å². The van der Waals surface area contributed by atoms with Crippen LogP contribution in [0.5, 0.6) is 11.5 Å². The molecule has 274 valence electrons. The van der Waals surface area contributed by atoms with Crippen LogP contribution in [0.15, 0.2) is 71.9 Å². The summed E-state index contributed by atoms with van der Waals surface area (Å²) in [4.78, 5) is 59.1. The van der Waals surface area contributed by atoms with E-state index < -0.39 is 35.2 Å². The topological polar surface area (TPSA) is 124 Å². The fraction of sp³-hybridized carbons (Fsp3) is 0.462. The first-order chi connectivity index (χ1) is 24.6. The van der Waals surface area contributed by atoms with Gasteiger partial charge in [0, 0.05) is 36.0 Å². The molecule has 12 heteroatoms. The molecule has 0 spiro atoms. The number of hydrogen-bond donors (Lipinski definition) is 1. The summed E-state index contributed by atoms with van der Waals surface area (Å²) < 4.78 is 17.1. The van der Waals surface area contributed by atoms with E-state index in [0.717, 1.165) is 22.8 Å². The number of aromatic nitrogens is 1. The molecule has 0 aliphatic carbocycles. The third-order valence-corrected chi connectivity index (χ3v) is 11.4. The molecule has 0 bridgehead atoms. The number of pyridine rings is 1. The van der Waals surface area contributed by atoms with E-state index in [0.29, 0.717) is 74.2 Å². The number of anilines is 1. The molecule has 0 saturated carbocycles. The monoisotopic (exact) mass is 735 g/mol. The van der Waals surface area contributed by atoms with Gasteiger partial charge in [0.05, 0.1) is 14.2 Å². The number of carbonyl (C=O) groups excluding carboxylic acids is 4. The minimum absolute atomic E-state index is 0.106. The van der Waals surface area contributed by atoms with Crippen LogP contribution in [0.3, 0.4) is 0 Å². The lowest BCUT2D eigenvalue weighted by atomic mass is 9.84. The molecule has 1 fully saturated rings. The largest absolute Gasteiger partial charge is 0.493 e. The number of methoxy groups -OCH3 is 2. The lowest BCUT2D eigenvalue weighted by molar-refractivity contribution is -0.164. The Hall–Kier alpha value is -4.03. The standard InChI is InChI=1S/C39H49N3O7S2/c1-6-39(2,3)36(44)37(45)42-23-10-8-15-30(42)38(46)49-31(20-18-27-19-21-32(47-4)33(25-27)48-5)28-13-11-14-29(26-28)41-34(43)16-12-24-50-51-35-17-7-9-22-40-35/h7,9,11,13-14,17,19,21-22,25-26,30-31H,6,8,10,12,15-16,18,20,23-24H2,1-5H3,(H,41,43)/t30-,31+/m0/s1. The number of esters is 1. The number of rotatable bonds is 18. The quantitative estimate of drug-likeness (QED) is 0.0598. The second-order valence-corrected chi connectivity index (χ2v) is 15.5. The van der Waals surface area contributed by atoms with E-state index in [2.05, 4.69) is 10.3 Å². The van der Waals surface area contributed by atoms with Crippen molar-refractivity contribution in [3.05, 3.63) is 78.0 Å². The molecule has 1 aliphatic heterocycles. The molecule has 1 saturated heterocycles. The van der Waals surface area contributed by atoms with Crippen LogP contribution in [0.2, 0.25) is 0 Å². The fourth-order valence-corrected chi connectivity index (χ4v) is 7.64. The predicted octanol–water partition coefficient (Wildman–Crippen LogP) is 7.86. The molecule has 2 amide bonds. The number of nitrogens with one attached hydrogen (secondary N) is 1. The average molecular weight is 736 g/mol. The molecule has 1 N–H and O–H groups in total. The van der Waals surface area contributed by atoms with Crippen molar-refractivity contribution in [1.82, 2.24) is 9.88 Å². The van der Waals surface area contributed by atoms with Crippen molar-refractivity contribution in [1.29, 1.82) is 0 Å². The molecular formula is C39H49N3O7S2. The van der Waals surface area contributed by atoms with Gasteiger partial charge in [0.15, 0.2) is 11.5 Å². The number of carbonyl (C=O) groups is 4. The number of ketones is 1. The number of likely N-dealkylation sites (tertiary alicyclic amines) is 1. The molecule has 4 rings (SSSR count). The van der Waals surface area contributed by atoms with E-state index in [9.17, 15) is 19.2 Å². The van der Waals surface area contributed by atoms with Crippen LogP contribution in [0.25, 0.3) is 0 Å². The van der Waals surface area contributed by atoms with Gasteiger partial charge in [-0.2, -0.15) is 0 Å². The molecule has 0 radical (unpaired) electrons. The van der Waals surface area contributed by atoms with Crippen molar-refractivity contribution in [3.8, 4) is 11.5 Å². The van der Waals surface area contributed by atoms with Gasteiger partial charge in [0.1, 0.15) is 17.2 Å². The van der Waals surface area contributed by atoms with Crippen LogP contribution in [0.1, 0.15) is 82.9 Å². The number of piperidine rings is 1. The normalized spacial score (nSPS) is 15.1. The summed E-state index contributed by atoms with van der Waals surface area (Å²) in [5, 5.41) is 3.92. The second-order valence-electron chi connectivity index (χ2n) is 13.1. The first kappa shape index (κ1) is 39.8. The van der Waals surface area contributed by atoms with Crippen molar-refractivity contribution in [3.63, 3.8) is 0 Å². The summed E-state index contributed by atoms with van der Waals surface area (Å²) in [6.07, 6.45) is 5.48. The van der Waals surface area contributed by atoms with Gasteiger partial charge in [0.2, 0.25) is 11.7 Å². The Morgan fingerprint density at radius 3 is 2.53 bits per heavy atom. The molecule has 10 nitrogen and oxygen atoms in total. The summed E-state index contributed by atoms with van der Waals surface area (Å²) in [6, 6.07) is 17.9. The van der Waals surface area contributed by atoms with Crippen molar-refractivity contribution in [2.45, 2.75) is 89.3 Å². The summed E-state index contributed by atoms with van der Waals surface area (Å²) in [6.45, 7) is 5.70. The molecule has 2 aromatic carbocycles. The van der Waals surface area contributed by atoms with E-state index >= 15 is 0 Å². The highest BCUT2D eigenvalue weighted by Crippen LogP contribution is 2.33. The third kappa shape index (κ3) is 11.5. The lowest BCUT2D eigenvalue weighted by Crippen LogP contribution is -2.53. The zero-order valence-corrected chi connectivity index (χ0v) is 31.8. The first-order valence-corrected chi connectivity index (χ1v) is 19.7. The maximum atomic E-state index is 13.9. The Kier molecular flexibility index (Phi) is 15.2. The fourth-order valence-electron chi connectivity index (χ4n) is 5.68. The van der Waals surface area contributed by atoms with Crippen LogP contribution in [-0.4, -0.2) is 66.0 Å². The smallest absolute Gasteiger partial charge is 0.329 e. The van der Waals surface area contributed by atoms with Crippen LogP contribution >= 0.6 is 21.6 Å². The van der Waals surface area contributed by atoms with E-state index in [-0.39, 0.29) is 5.91 Å². The number of ether oxygens (including phenoxy) is 3.